The SMILES string of the molecule is Cn1cc(C2=NC(c3ccc(Cl)cc3)=CN3NC(NCC(O)C(F)(F)F)N=C23)cn1. The van der Waals surface area contributed by atoms with Gasteiger partial charge >= 0.3 is 6.18 Å². The smallest absolute Gasteiger partial charge is 0.382 e. The molecule has 2 unspecified atom stereocenters. The Bertz CT molecular complexity index is 1030. The van der Waals surface area contributed by atoms with Crippen molar-refractivity contribution in [3.05, 3.63) is 59.0 Å². The fraction of sp³-hybridized carbons (Fsp3) is 0.278. The van der Waals surface area contributed by atoms with Gasteiger partial charge in [0.05, 0.1) is 11.9 Å². The number of benzene rings is 1. The van der Waals surface area contributed by atoms with Crippen LogP contribution < -0.4 is 10.7 Å². The fourth-order valence-electron chi connectivity index (χ4n) is 2.93. The van der Waals surface area contributed by atoms with E-state index in [1.165, 1.54) is 0 Å². The van der Waals surface area contributed by atoms with Crippen LogP contribution in [0.4, 0.5) is 13.2 Å². The topological polar surface area (TPSA) is 90.1 Å². The number of fused-ring (bicyclic) bond motifs is 1. The van der Waals surface area contributed by atoms with Gasteiger partial charge in [0.1, 0.15) is 5.71 Å². The van der Waals surface area contributed by atoms with Gasteiger partial charge < -0.3 is 5.11 Å². The zero-order chi connectivity index (χ0) is 21.5. The predicted molar refractivity (Wildman–Crippen MR) is 105 cm³/mol. The first-order chi connectivity index (χ1) is 14.2. The second-order valence-corrected chi connectivity index (χ2v) is 7.14. The third-order valence-electron chi connectivity index (χ3n) is 4.44. The quantitative estimate of drug-likeness (QED) is 0.662. The van der Waals surface area contributed by atoms with Crippen LogP contribution in [-0.4, -0.2) is 56.6 Å². The molecule has 0 saturated heterocycles. The average molecular weight is 440 g/mol. The number of aryl methyl sites for hydroxylation is 1. The van der Waals surface area contributed by atoms with E-state index >= 15 is 0 Å². The summed E-state index contributed by atoms with van der Waals surface area (Å²) in [7, 11) is 1.76. The number of halogens is 4. The Labute approximate surface area is 174 Å². The normalized spacial score (nSPS) is 19.9. The minimum absolute atomic E-state index is 0.416. The molecule has 3 N–H and O–H groups in total. The molecule has 2 aliphatic rings. The van der Waals surface area contributed by atoms with Crippen LogP contribution in [0.15, 0.2) is 52.8 Å². The highest BCUT2D eigenvalue weighted by atomic mass is 35.5. The van der Waals surface area contributed by atoms with E-state index in [0.717, 1.165) is 5.56 Å². The molecule has 1 aromatic carbocycles. The van der Waals surface area contributed by atoms with Crippen LogP contribution in [0.1, 0.15) is 11.1 Å². The van der Waals surface area contributed by atoms with Gasteiger partial charge in [-0.2, -0.15) is 23.7 Å². The fourth-order valence-corrected chi connectivity index (χ4v) is 3.05. The number of aliphatic hydroxyl groups excluding tert-OH is 1. The van der Waals surface area contributed by atoms with Crippen molar-refractivity contribution in [2.75, 3.05) is 6.54 Å². The molecule has 0 fully saturated rings. The van der Waals surface area contributed by atoms with E-state index in [0.29, 0.717) is 27.8 Å². The monoisotopic (exact) mass is 439 g/mol. The van der Waals surface area contributed by atoms with Gasteiger partial charge in [-0.25, -0.2) is 9.98 Å². The molecule has 0 spiro atoms. The van der Waals surface area contributed by atoms with Crippen LogP contribution in [-0.2, 0) is 7.05 Å². The van der Waals surface area contributed by atoms with Crippen molar-refractivity contribution in [3.8, 4) is 0 Å². The molecule has 2 aromatic rings. The first-order valence-electron chi connectivity index (χ1n) is 8.88. The Kier molecular flexibility index (Phi) is 5.36. The highest BCUT2D eigenvalue weighted by Crippen LogP contribution is 2.26. The molecule has 30 heavy (non-hydrogen) atoms. The number of alkyl halides is 3. The summed E-state index contributed by atoms with van der Waals surface area (Å²) in [6.45, 7) is -0.709. The maximum atomic E-state index is 12.6. The van der Waals surface area contributed by atoms with E-state index < -0.39 is 25.1 Å². The summed E-state index contributed by atoms with van der Waals surface area (Å²) in [6.07, 6.45) is -3.01. The molecule has 4 rings (SSSR count). The number of hydrogen-bond donors (Lipinski definition) is 3. The molecule has 1 aromatic heterocycles. The third kappa shape index (κ3) is 4.24. The van der Waals surface area contributed by atoms with Gasteiger partial charge in [0.25, 0.3) is 0 Å². The Morgan fingerprint density at radius 2 is 2.00 bits per heavy atom. The number of aliphatic imine (C=N–C) groups is 2. The predicted octanol–water partition coefficient (Wildman–Crippen LogP) is 1.89. The molecule has 2 aliphatic heterocycles. The maximum Gasteiger partial charge on any atom is 0.415 e. The van der Waals surface area contributed by atoms with E-state index in [-0.39, 0.29) is 0 Å². The van der Waals surface area contributed by atoms with Gasteiger partial charge in [0.2, 0.25) is 0 Å². The van der Waals surface area contributed by atoms with Gasteiger partial charge in [-0.05, 0) is 12.1 Å². The van der Waals surface area contributed by atoms with Gasteiger partial charge in [0.15, 0.2) is 18.2 Å². The Morgan fingerprint density at radius 3 is 2.63 bits per heavy atom. The highest BCUT2D eigenvalue weighted by molar-refractivity contribution is 6.49. The number of nitrogens with zero attached hydrogens (tertiary/aromatic N) is 5. The zero-order valence-corrected chi connectivity index (χ0v) is 16.4. The average Bonchev–Trinajstić information content (AvgIpc) is 3.30. The van der Waals surface area contributed by atoms with Crippen LogP contribution in [0.2, 0.25) is 5.02 Å². The van der Waals surface area contributed by atoms with Gasteiger partial charge in [-0.15, -0.1) is 0 Å². The zero-order valence-electron chi connectivity index (χ0n) is 15.6. The number of nitrogens with one attached hydrogen (secondary N) is 2. The molecule has 3 heterocycles. The van der Waals surface area contributed by atoms with Crippen molar-refractivity contribution in [2.24, 2.45) is 17.0 Å². The van der Waals surface area contributed by atoms with Crippen LogP contribution in [0.5, 0.6) is 0 Å². The van der Waals surface area contributed by atoms with Crippen molar-refractivity contribution >= 4 is 28.8 Å². The molecular weight excluding hydrogens is 423 g/mol. The summed E-state index contributed by atoms with van der Waals surface area (Å²) in [5.74, 6) is 0.416. The molecule has 12 heteroatoms. The van der Waals surface area contributed by atoms with Crippen molar-refractivity contribution in [3.63, 3.8) is 0 Å². The molecule has 158 valence electrons. The van der Waals surface area contributed by atoms with Crippen LogP contribution >= 0.6 is 11.6 Å². The molecule has 0 aliphatic carbocycles. The van der Waals surface area contributed by atoms with Gasteiger partial charge in [0, 0.05) is 42.1 Å². The summed E-state index contributed by atoms with van der Waals surface area (Å²) < 4.78 is 39.3. The second-order valence-electron chi connectivity index (χ2n) is 6.70. The number of aliphatic hydroxyl groups is 1. The lowest BCUT2D eigenvalue weighted by Crippen LogP contribution is -2.49. The lowest BCUT2D eigenvalue weighted by Gasteiger charge is -2.23. The lowest BCUT2D eigenvalue weighted by molar-refractivity contribution is -0.202. The number of aromatic nitrogens is 2. The Hall–Kier alpha value is -2.73. The first kappa shape index (κ1) is 20.5. The maximum absolute atomic E-state index is 12.6. The van der Waals surface area contributed by atoms with E-state index in [1.54, 1.807) is 47.5 Å². The molecule has 0 radical (unpaired) electrons. The molecular formula is C18H17ClF3N7O. The summed E-state index contributed by atoms with van der Waals surface area (Å²) in [6, 6.07) is 7.10. The summed E-state index contributed by atoms with van der Waals surface area (Å²) in [5, 5.41) is 18.1. The molecule has 8 nitrogen and oxygen atoms in total. The van der Waals surface area contributed by atoms with Gasteiger partial charge in [-0.3, -0.25) is 15.0 Å². The summed E-state index contributed by atoms with van der Waals surface area (Å²) in [5.41, 5.74) is 5.54. The minimum atomic E-state index is -4.71. The molecule has 0 bridgehead atoms. The van der Waals surface area contributed by atoms with E-state index in [9.17, 15) is 18.3 Å². The molecule has 0 saturated carbocycles. The van der Waals surface area contributed by atoms with Crippen LogP contribution in [0.25, 0.3) is 5.70 Å². The van der Waals surface area contributed by atoms with Crippen LogP contribution in [0.3, 0.4) is 0 Å². The van der Waals surface area contributed by atoms with E-state index in [2.05, 4.69) is 25.8 Å². The Balaban J connectivity index is 1.63. The molecule has 2 atom stereocenters. The van der Waals surface area contributed by atoms with Crippen molar-refractivity contribution < 1.29 is 18.3 Å². The lowest BCUT2D eigenvalue weighted by atomic mass is 10.1. The summed E-state index contributed by atoms with van der Waals surface area (Å²) in [4.78, 5) is 9.07. The standard InChI is InChI=1S/C18H17ClF3N7O/c1-28-8-11(6-24-28)15-16-26-17(23-7-14(30)18(20,21)22)27-29(16)9-13(25-15)10-2-4-12(19)5-3-10/h2-6,8-9,14,17,23,27,30H,7H2,1H3. The van der Waals surface area contributed by atoms with E-state index in [1.807, 2.05) is 12.1 Å². The number of rotatable bonds is 5. The van der Waals surface area contributed by atoms with E-state index in [4.69, 9.17) is 11.6 Å². The van der Waals surface area contributed by atoms with Crippen LogP contribution in [0, 0.1) is 0 Å². The number of hydrazine groups is 1. The largest absolute Gasteiger partial charge is 0.415 e. The number of amidine groups is 1. The Morgan fingerprint density at radius 1 is 1.27 bits per heavy atom. The first-order valence-corrected chi connectivity index (χ1v) is 9.26. The van der Waals surface area contributed by atoms with Gasteiger partial charge in [-0.1, -0.05) is 23.7 Å². The second kappa shape index (κ2) is 7.84. The van der Waals surface area contributed by atoms with Crippen molar-refractivity contribution in [1.29, 1.82) is 0 Å². The van der Waals surface area contributed by atoms with Crippen molar-refractivity contribution in [2.45, 2.75) is 18.6 Å². The van der Waals surface area contributed by atoms with Crippen molar-refractivity contribution in [1.82, 2.24) is 25.5 Å². The highest BCUT2D eigenvalue weighted by Gasteiger charge is 2.39. The minimum Gasteiger partial charge on any atom is -0.382 e. The third-order valence-corrected chi connectivity index (χ3v) is 4.69. The number of hydrogen-bond acceptors (Lipinski definition) is 7. The summed E-state index contributed by atoms with van der Waals surface area (Å²) >= 11 is 5.96. The molecule has 0 amide bonds.